The van der Waals surface area contributed by atoms with Crippen molar-refractivity contribution in [1.29, 1.82) is 0 Å². The molecular weight excluding hydrogens is 433 g/mol. The first-order chi connectivity index (χ1) is 11.5. The van der Waals surface area contributed by atoms with Gasteiger partial charge in [-0.3, -0.25) is 4.99 Å². The van der Waals surface area contributed by atoms with Gasteiger partial charge in [0.2, 0.25) is 0 Å². The highest BCUT2D eigenvalue weighted by atomic mass is 127. The van der Waals surface area contributed by atoms with Gasteiger partial charge in [-0.05, 0) is 19.1 Å². The molecule has 0 atom stereocenters. The number of aliphatic hydroxyl groups is 1. The van der Waals surface area contributed by atoms with E-state index in [0.29, 0.717) is 25.7 Å². The summed E-state index contributed by atoms with van der Waals surface area (Å²) in [7, 11) is 1.68. The van der Waals surface area contributed by atoms with Crippen molar-refractivity contribution in [3.05, 3.63) is 24.3 Å². The second kappa shape index (κ2) is 13.2. The zero-order chi connectivity index (χ0) is 17.8. The number of anilines is 1. The summed E-state index contributed by atoms with van der Waals surface area (Å²) in [6.45, 7) is 8.68. The first-order valence-corrected chi connectivity index (χ1v) is 8.38. The van der Waals surface area contributed by atoms with Gasteiger partial charge in [-0.1, -0.05) is 19.9 Å². The summed E-state index contributed by atoms with van der Waals surface area (Å²) in [5.74, 6) is 1.50. The summed E-state index contributed by atoms with van der Waals surface area (Å²) < 4.78 is 10.7. The Kier molecular flexibility index (Phi) is 12.6. The Morgan fingerprint density at radius 1 is 1.28 bits per heavy atom. The molecule has 7 heteroatoms. The average molecular weight is 465 g/mol. The molecule has 3 N–H and O–H groups in total. The highest BCUT2D eigenvalue weighted by molar-refractivity contribution is 14.0. The van der Waals surface area contributed by atoms with Gasteiger partial charge in [0.1, 0.15) is 5.75 Å². The van der Waals surface area contributed by atoms with Crippen LogP contribution in [-0.4, -0.2) is 51.1 Å². The molecule has 0 aliphatic carbocycles. The molecule has 0 unspecified atom stereocenters. The quantitative estimate of drug-likeness (QED) is 0.214. The molecule has 0 radical (unpaired) electrons. The number of aliphatic imine (C=N–C) groups is 1. The monoisotopic (exact) mass is 465 g/mol. The lowest BCUT2D eigenvalue weighted by molar-refractivity contribution is 0.167. The number of aliphatic hydroxyl groups excluding tert-OH is 1. The van der Waals surface area contributed by atoms with Crippen molar-refractivity contribution in [2.75, 3.05) is 45.3 Å². The summed E-state index contributed by atoms with van der Waals surface area (Å²) in [4.78, 5) is 4.54. The number of rotatable bonds is 10. The van der Waals surface area contributed by atoms with Gasteiger partial charge in [-0.2, -0.15) is 0 Å². The Hall–Kier alpha value is -1.06. The van der Waals surface area contributed by atoms with Crippen LogP contribution in [0.1, 0.15) is 27.2 Å². The van der Waals surface area contributed by atoms with Gasteiger partial charge in [0.25, 0.3) is 0 Å². The van der Waals surface area contributed by atoms with E-state index in [1.165, 1.54) is 0 Å². The second-order valence-corrected chi connectivity index (χ2v) is 6.37. The third kappa shape index (κ3) is 10.5. The minimum absolute atomic E-state index is 0. The lowest BCUT2D eigenvalue weighted by atomic mass is 9.95. The Bertz CT molecular complexity index is 510. The van der Waals surface area contributed by atoms with Gasteiger partial charge in [0.15, 0.2) is 5.96 Å². The number of nitrogens with zero attached hydrogens (tertiary/aromatic N) is 1. The summed E-state index contributed by atoms with van der Waals surface area (Å²) in [5, 5.41) is 15.8. The Labute approximate surface area is 168 Å². The zero-order valence-corrected chi connectivity index (χ0v) is 18.0. The molecule has 0 fully saturated rings. The average Bonchev–Trinajstić information content (AvgIpc) is 2.57. The Morgan fingerprint density at radius 3 is 2.68 bits per heavy atom. The molecule has 0 aliphatic heterocycles. The molecule has 144 valence electrons. The van der Waals surface area contributed by atoms with Crippen molar-refractivity contribution in [3.8, 4) is 5.75 Å². The molecule has 0 bridgehead atoms. The number of hydrogen-bond acceptors (Lipinski definition) is 4. The van der Waals surface area contributed by atoms with Gasteiger partial charge in [0.05, 0.1) is 13.2 Å². The smallest absolute Gasteiger partial charge is 0.195 e. The third-order valence-corrected chi connectivity index (χ3v) is 3.30. The fourth-order valence-electron chi connectivity index (χ4n) is 1.84. The van der Waals surface area contributed by atoms with Crippen LogP contribution >= 0.6 is 24.0 Å². The van der Waals surface area contributed by atoms with E-state index >= 15 is 0 Å². The fourth-order valence-corrected chi connectivity index (χ4v) is 1.84. The molecule has 0 aromatic heterocycles. The minimum atomic E-state index is -0.241. The number of guanidine groups is 1. The number of halogens is 1. The fraction of sp³-hybridized carbons (Fsp3) is 0.611. The number of benzene rings is 1. The first-order valence-electron chi connectivity index (χ1n) is 8.38. The lowest BCUT2D eigenvalue weighted by Gasteiger charge is -2.20. The lowest BCUT2D eigenvalue weighted by Crippen LogP contribution is -2.32. The number of methoxy groups -OCH3 is 1. The molecule has 1 aromatic rings. The number of hydrogen-bond donors (Lipinski definition) is 3. The van der Waals surface area contributed by atoms with Crippen LogP contribution in [0, 0.1) is 5.41 Å². The molecule has 0 saturated heterocycles. The molecule has 0 saturated carbocycles. The Balaban J connectivity index is 0.00000576. The van der Waals surface area contributed by atoms with E-state index in [9.17, 15) is 5.11 Å². The summed E-state index contributed by atoms with van der Waals surface area (Å²) in [5.41, 5.74) is 0.662. The number of ether oxygens (including phenoxy) is 2. The second-order valence-electron chi connectivity index (χ2n) is 6.37. The van der Waals surface area contributed by atoms with Gasteiger partial charge >= 0.3 is 0 Å². The maximum atomic E-state index is 9.35. The van der Waals surface area contributed by atoms with Gasteiger partial charge in [-0.15, -0.1) is 24.0 Å². The standard InChI is InChI=1S/C18H31N3O3.HI/c1-5-19-17(20-13-18(2,3)14-22)21-15-8-6-9-16(12-15)24-11-7-10-23-4;/h6,8-9,12,22H,5,7,10-11,13-14H2,1-4H3,(H2,19,20,21);1H. The van der Waals surface area contributed by atoms with Crippen molar-refractivity contribution >= 4 is 35.6 Å². The molecule has 1 rings (SSSR count). The van der Waals surface area contributed by atoms with Crippen molar-refractivity contribution in [2.24, 2.45) is 10.4 Å². The predicted molar refractivity (Wildman–Crippen MR) is 114 cm³/mol. The summed E-state index contributed by atoms with van der Waals surface area (Å²) in [6, 6.07) is 7.77. The molecule has 0 aliphatic rings. The SMILES string of the molecule is CCNC(=NCC(C)(C)CO)Nc1cccc(OCCCOC)c1.I. The van der Waals surface area contributed by atoms with Crippen LogP contribution in [-0.2, 0) is 4.74 Å². The zero-order valence-electron chi connectivity index (χ0n) is 15.7. The van der Waals surface area contributed by atoms with Crippen LogP contribution in [0.25, 0.3) is 0 Å². The van der Waals surface area contributed by atoms with E-state index in [-0.39, 0.29) is 36.0 Å². The summed E-state index contributed by atoms with van der Waals surface area (Å²) in [6.07, 6.45) is 0.856. The van der Waals surface area contributed by atoms with Crippen LogP contribution < -0.4 is 15.4 Å². The van der Waals surface area contributed by atoms with E-state index in [0.717, 1.165) is 24.4 Å². The van der Waals surface area contributed by atoms with Gasteiger partial charge < -0.3 is 25.2 Å². The van der Waals surface area contributed by atoms with Crippen molar-refractivity contribution in [1.82, 2.24) is 5.32 Å². The highest BCUT2D eigenvalue weighted by Crippen LogP contribution is 2.18. The predicted octanol–water partition coefficient (Wildman–Crippen LogP) is 3.12. The van der Waals surface area contributed by atoms with E-state index in [1.54, 1.807) is 7.11 Å². The topological polar surface area (TPSA) is 75.1 Å². The normalized spacial score (nSPS) is 11.6. The maximum absolute atomic E-state index is 9.35. The van der Waals surface area contributed by atoms with Gasteiger partial charge in [0, 0.05) is 50.5 Å². The molecule has 25 heavy (non-hydrogen) atoms. The van der Waals surface area contributed by atoms with E-state index in [2.05, 4.69) is 15.6 Å². The largest absolute Gasteiger partial charge is 0.493 e. The molecule has 6 nitrogen and oxygen atoms in total. The van der Waals surface area contributed by atoms with E-state index in [4.69, 9.17) is 9.47 Å². The van der Waals surface area contributed by atoms with Crippen molar-refractivity contribution in [2.45, 2.75) is 27.2 Å². The maximum Gasteiger partial charge on any atom is 0.195 e. The molecule has 0 spiro atoms. The minimum Gasteiger partial charge on any atom is -0.493 e. The molecule has 0 heterocycles. The molecule has 0 amide bonds. The van der Waals surface area contributed by atoms with Crippen LogP contribution in [0.15, 0.2) is 29.3 Å². The number of nitrogens with one attached hydrogen (secondary N) is 2. The highest BCUT2D eigenvalue weighted by Gasteiger charge is 2.16. The van der Waals surface area contributed by atoms with Crippen molar-refractivity contribution in [3.63, 3.8) is 0 Å². The molecule has 1 aromatic carbocycles. The van der Waals surface area contributed by atoms with Crippen molar-refractivity contribution < 1.29 is 14.6 Å². The van der Waals surface area contributed by atoms with Crippen LogP contribution in [0.5, 0.6) is 5.75 Å². The van der Waals surface area contributed by atoms with E-state index < -0.39 is 0 Å². The van der Waals surface area contributed by atoms with Crippen LogP contribution in [0.3, 0.4) is 0 Å². The first kappa shape index (κ1) is 23.9. The van der Waals surface area contributed by atoms with Gasteiger partial charge in [-0.25, -0.2) is 0 Å². The third-order valence-electron chi connectivity index (χ3n) is 3.30. The molecular formula is C18H32IN3O3. The summed E-state index contributed by atoms with van der Waals surface area (Å²) >= 11 is 0. The van der Waals surface area contributed by atoms with Crippen LogP contribution in [0.4, 0.5) is 5.69 Å². The van der Waals surface area contributed by atoms with E-state index in [1.807, 2.05) is 45.0 Å². The Morgan fingerprint density at radius 2 is 2.04 bits per heavy atom. The van der Waals surface area contributed by atoms with Crippen LogP contribution in [0.2, 0.25) is 0 Å².